The van der Waals surface area contributed by atoms with Gasteiger partial charge in [0, 0.05) is 47.6 Å². The molecule has 0 saturated carbocycles. The van der Waals surface area contributed by atoms with Crippen LogP contribution >= 0.6 is 0 Å². The third kappa shape index (κ3) is 2.79. The summed E-state index contributed by atoms with van der Waals surface area (Å²) in [6.45, 7) is 2.71. The zero-order chi connectivity index (χ0) is 10.7. The predicted octanol–water partition coefficient (Wildman–Crippen LogP) is 0.833. The highest BCUT2D eigenvalue weighted by Gasteiger charge is 2.15. The summed E-state index contributed by atoms with van der Waals surface area (Å²) in [6.07, 6.45) is 0. The fourth-order valence-electron chi connectivity index (χ4n) is 1.75. The lowest BCUT2D eigenvalue weighted by Gasteiger charge is -2.26. The molecule has 0 amide bonds. The molecule has 0 radical (unpaired) electrons. The number of hydrogen-bond donors (Lipinski definition) is 1. The van der Waals surface area contributed by atoms with Crippen LogP contribution < -0.4 is 5.73 Å². The minimum absolute atomic E-state index is 0.597. The average Bonchev–Trinajstić information content (AvgIpc) is 2.25. The van der Waals surface area contributed by atoms with Gasteiger partial charge in [-0.05, 0) is 11.6 Å². The van der Waals surface area contributed by atoms with E-state index < -0.39 is 10.8 Å². The Morgan fingerprint density at radius 3 is 2.60 bits per heavy atom. The van der Waals surface area contributed by atoms with Crippen molar-refractivity contribution in [3.8, 4) is 0 Å². The molecule has 1 saturated heterocycles. The Labute approximate surface area is 92.7 Å². The lowest BCUT2D eigenvalue weighted by atomic mass is 10.1. The van der Waals surface area contributed by atoms with E-state index in [0.29, 0.717) is 0 Å². The summed E-state index contributed by atoms with van der Waals surface area (Å²) in [5, 5.41) is 0. The third-order valence-corrected chi connectivity index (χ3v) is 4.00. The van der Waals surface area contributed by atoms with Crippen LogP contribution in [-0.2, 0) is 17.3 Å². The van der Waals surface area contributed by atoms with Gasteiger partial charge in [0.1, 0.15) is 0 Å². The van der Waals surface area contributed by atoms with Crippen LogP contribution in [0.4, 0.5) is 5.69 Å². The third-order valence-electron chi connectivity index (χ3n) is 2.72. The Morgan fingerprint density at radius 1 is 1.27 bits per heavy atom. The fraction of sp³-hybridized carbons (Fsp3) is 0.455. The molecule has 15 heavy (non-hydrogen) atoms. The second-order valence-corrected chi connectivity index (χ2v) is 5.52. The largest absolute Gasteiger partial charge is 0.398 e. The maximum absolute atomic E-state index is 11.2. The first-order valence-corrected chi connectivity index (χ1v) is 6.65. The lowest BCUT2D eigenvalue weighted by Crippen LogP contribution is -2.37. The molecule has 1 heterocycles. The quantitative estimate of drug-likeness (QED) is 0.757. The molecule has 4 heteroatoms. The Hall–Kier alpha value is -0.870. The number of nitrogens with zero attached hydrogens (tertiary/aromatic N) is 1. The highest BCUT2D eigenvalue weighted by Crippen LogP contribution is 2.14. The second kappa shape index (κ2) is 4.77. The van der Waals surface area contributed by atoms with Gasteiger partial charge in [-0.1, -0.05) is 18.2 Å². The van der Waals surface area contributed by atoms with Crippen LogP contribution in [0.5, 0.6) is 0 Å². The molecule has 0 atom stereocenters. The molecular weight excluding hydrogens is 208 g/mol. The molecule has 82 valence electrons. The van der Waals surface area contributed by atoms with Crippen LogP contribution in [0.3, 0.4) is 0 Å². The zero-order valence-electron chi connectivity index (χ0n) is 8.69. The molecule has 2 rings (SSSR count). The standard InChI is InChI=1S/C11H16N2OS/c12-11-4-2-1-3-10(11)9-13-5-7-15(14)8-6-13/h1-4H,5-9,12H2. The SMILES string of the molecule is Nc1ccccc1CN1CCS(=O)CC1. The van der Waals surface area contributed by atoms with Crippen molar-refractivity contribution in [2.24, 2.45) is 0 Å². The average molecular weight is 224 g/mol. The number of benzene rings is 1. The Kier molecular flexibility index (Phi) is 3.38. The van der Waals surface area contributed by atoms with Crippen molar-refractivity contribution in [1.82, 2.24) is 4.90 Å². The van der Waals surface area contributed by atoms with Gasteiger partial charge in [-0.3, -0.25) is 9.11 Å². The number of nitrogen functional groups attached to an aromatic ring is 1. The molecular formula is C11H16N2OS. The maximum Gasteiger partial charge on any atom is 0.0363 e. The van der Waals surface area contributed by atoms with E-state index in [2.05, 4.69) is 11.0 Å². The van der Waals surface area contributed by atoms with Crippen LogP contribution in [-0.4, -0.2) is 33.7 Å². The Balaban J connectivity index is 1.97. The summed E-state index contributed by atoms with van der Waals surface area (Å²) in [4.78, 5) is 2.31. The van der Waals surface area contributed by atoms with Gasteiger partial charge in [0.25, 0.3) is 0 Å². The summed E-state index contributed by atoms with van der Waals surface area (Å²) in [5.74, 6) is 1.60. The number of nitrogens with two attached hydrogens (primary N) is 1. The van der Waals surface area contributed by atoms with E-state index in [9.17, 15) is 4.21 Å². The highest BCUT2D eigenvalue weighted by molar-refractivity contribution is 7.85. The van der Waals surface area contributed by atoms with Gasteiger partial charge < -0.3 is 5.73 Å². The van der Waals surface area contributed by atoms with Crippen molar-refractivity contribution in [1.29, 1.82) is 0 Å². The van der Waals surface area contributed by atoms with Gasteiger partial charge in [-0.2, -0.15) is 0 Å². The maximum atomic E-state index is 11.2. The van der Waals surface area contributed by atoms with Crippen molar-refractivity contribution in [3.05, 3.63) is 29.8 Å². The van der Waals surface area contributed by atoms with Gasteiger partial charge in [0.15, 0.2) is 0 Å². The smallest absolute Gasteiger partial charge is 0.0363 e. The number of rotatable bonds is 2. The molecule has 1 aromatic rings. The van der Waals surface area contributed by atoms with Crippen LogP contribution in [0.2, 0.25) is 0 Å². The van der Waals surface area contributed by atoms with Crippen LogP contribution in [0.1, 0.15) is 5.56 Å². The molecule has 0 aromatic heterocycles. The molecule has 0 bridgehead atoms. The normalized spacial score (nSPS) is 19.2. The summed E-state index contributed by atoms with van der Waals surface area (Å²) in [7, 11) is -0.597. The first-order valence-electron chi connectivity index (χ1n) is 5.16. The van der Waals surface area contributed by atoms with Crippen molar-refractivity contribution in [2.45, 2.75) is 6.54 Å². The molecule has 1 aliphatic rings. The van der Waals surface area contributed by atoms with Gasteiger partial charge >= 0.3 is 0 Å². The molecule has 1 aliphatic heterocycles. The molecule has 0 spiro atoms. The summed E-state index contributed by atoms with van der Waals surface area (Å²) in [6, 6.07) is 7.94. The zero-order valence-corrected chi connectivity index (χ0v) is 9.50. The first kappa shape index (κ1) is 10.6. The lowest BCUT2D eigenvalue weighted by molar-refractivity contribution is 0.292. The molecule has 0 aliphatic carbocycles. The summed E-state index contributed by atoms with van der Waals surface area (Å²) in [5.41, 5.74) is 7.90. The number of para-hydroxylation sites is 1. The van der Waals surface area contributed by atoms with Gasteiger partial charge in [-0.15, -0.1) is 0 Å². The predicted molar refractivity (Wildman–Crippen MR) is 64.0 cm³/mol. The minimum atomic E-state index is -0.597. The molecule has 3 nitrogen and oxygen atoms in total. The van der Waals surface area contributed by atoms with E-state index >= 15 is 0 Å². The topological polar surface area (TPSA) is 46.3 Å². The number of hydrogen-bond acceptors (Lipinski definition) is 3. The van der Waals surface area contributed by atoms with Crippen LogP contribution in [0.15, 0.2) is 24.3 Å². The van der Waals surface area contributed by atoms with E-state index in [1.54, 1.807) is 0 Å². The highest BCUT2D eigenvalue weighted by atomic mass is 32.2. The van der Waals surface area contributed by atoms with Crippen molar-refractivity contribution in [3.63, 3.8) is 0 Å². The fourth-order valence-corrected chi connectivity index (χ4v) is 2.88. The monoisotopic (exact) mass is 224 g/mol. The molecule has 1 fully saturated rings. The summed E-state index contributed by atoms with van der Waals surface area (Å²) < 4.78 is 11.2. The van der Waals surface area contributed by atoms with Crippen molar-refractivity contribution in [2.75, 3.05) is 30.3 Å². The van der Waals surface area contributed by atoms with Crippen LogP contribution in [0, 0.1) is 0 Å². The van der Waals surface area contributed by atoms with Gasteiger partial charge in [0.2, 0.25) is 0 Å². The van der Waals surface area contributed by atoms with E-state index in [1.165, 1.54) is 5.56 Å². The molecule has 2 N–H and O–H groups in total. The first-order chi connectivity index (χ1) is 7.25. The van der Waals surface area contributed by atoms with E-state index in [0.717, 1.165) is 36.8 Å². The second-order valence-electron chi connectivity index (χ2n) is 3.82. The van der Waals surface area contributed by atoms with Crippen LogP contribution in [0.25, 0.3) is 0 Å². The van der Waals surface area contributed by atoms with E-state index in [4.69, 9.17) is 5.73 Å². The molecule has 1 aromatic carbocycles. The Morgan fingerprint density at radius 2 is 1.93 bits per heavy atom. The van der Waals surface area contributed by atoms with Gasteiger partial charge in [-0.25, -0.2) is 0 Å². The number of anilines is 1. The van der Waals surface area contributed by atoms with Crippen molar-refractivity contribution < 1.29 is 4.21 Å². The van der Waals surface area contributed by atoms with Gasteiger partial charge in [0.05, 0.1) is 0 Å². The summed E-state index contributed by atoms with van der Waals surface area (Å²) >= 11 is 0. The van der Waals surface area contributed by atoms with E-state index in [-0.39, 0.29) is 0 Å². The molecule has 0 unspecified atom stereocenters. The van der Waals surface area contributed by atoms with Crippen molar-refractivity contribution >= 4 is 16.5 Å². The van der Waals surface area contributed by atoms with E-state index in [1.807, 2.05) is 18.2 Å². The Bertz CT molecular complexity index is 357. The minimum Gasteiger partial charge on any atom is -0.398 e.